The summed E-state index contributed by atoms with van der Waals surface area (Å²) in [5.41, 5.74) is 6.61. The average molecular weight is 302 g/mol. The first kappa shape index (κ1) is 14.6. The third-order valence-corrected chi connectivity index (χ3v) is 3.20. The van der Waals surface area contributed by atoms with E-state index in [2.05, 4.69) is 28.1 Å². The molecule has 1 aromatic rings. The fourth-order valence-corrected chi connectivity index (χ4v) is 1.86. The SMILES string of the molecule is CC(CN)(Cc1ccc(Br)cc1)OCCCO. The molecule has 1 aromatic carbocycles. The maximum atomic E-state index is 8.74. The van der Waals surface area contributed by atoms with E-state index in [9.17, 15) is 0 Å². The number of rotatable bonds is 7. The summed E-state index contributed by atoms with van der Waals surface area (Å²) in [7, 11) is 0. The van der Waals surface area contributed by atoms with Gasteiger partial charge in [0.05, 0.1) is 5.60 Å². The monoisotopic (exact) mass is 301 g/mol. The molecule has 1 rings (SSSR count). The van der Waals surface area contributed by atoms with E-state index < -0.39 is 0 Å². The molecule has 0 fully saturated rings. The average Bonchev–Trinajstić information content (AvgIpc) is 2.33. The Balaban J connectivity index is 2.58. The normalized spacial score (nSPS) is 14.6. The standard InChI is InChI=1S/C13H20BrNO2/c1-13(10-15,17-8-2-7-16)9-11-3-5-12(14)6-4-11/h3-6,16H,2,7-10,15H2,1H3. The van der Waals surface area contributed by atoms with E-state index in [-0.39, 0.29) is 12.2 Å². The van der Waals surface area contributed by atoms with Crippen LogP contribution in [0.4, 0.5) is 0 Å². The molecule has 1 atom stereocenters. The lowest BCUT2D eigenvalue weighted by atomic mass is 9.96. The maximum Gasteiger partial charge on any atom is 0.0816 e. The van der Waals surface area contributed by atoms with Gasteiger partial charge in [0.2, 0.25) is 0 Å². The zero-order chi connectivity index (χ0) is 12.7. The second-order valence-corrected chi connectivity index (χ2v) is 5.30. The van der Waals surface area contributed by atoms with E-state index in [1.165, 1.54) is 5.56 Å². The van der Waals surface area contributed by atoms with E-state index >= 15 is 0 Å². The van der Waals surface area contributed by atoms with Crippen LogP contribution in [0.1, 0.15) is 18.9 Å². The van der Waals surface area contributed by atoms with Crippen LogP contribution in [-0.4, -0.2) is 30.5 Å². The lowest BCUT2D eigenvalue weighted by Crippen LogP contribution is -2.40. The molecule has 1 unspecified atom stereocenters. The van der Waals surface area contributed by atoms with Gasteiger partial charge in [0.1, 0.15) is 0 Å². The predicted molar refractivity (Wildman–Crippen MR) is 73.0 cm³/mol. The van der Waals surface area contributed by atoms with Gasteiger partial charge in [0, 0.05) is 30.7 Å². The van der Waals surface area contributed by atoms with E-state index in [0.717, 1.165) is 10.9 Å². The highest BCUT2D eigenvalue weighted by atomic mass is 79.9. The molecule has 0 aromatic heterocycles. The Morgan fingerprint density at radius 3 is 2.53 bits per heavy atom. The first-order valence-electron chi connectivity index (χ1n) is 5.79. The van der Waals surface area contributed by atoms with Crippen molar-refractivity contribution in [1.29, 1.82) is 0 Å². The maximum absolute atomic E-state index is 8.74. The molecule has 0 aliphatic heterocycles. The van der Waals surface area contributed by atoms with Gasteiger partial charge in [-0.15, -0.1) is 0 Å². The second kappa shape index (κ2) is 7.11. The summed E-state index contributed by atoms with van der Waals surface area (Å²) in [4.78, 5) is 0. The number of nitrogens with two attached hydrogens (primary N) is 1. The van der Waals surface area contributed by atoms with Gasteiger partial charge < -0.3 is 15.6 Å². The molecule has 0 amide bonds. The van der Waals surface area contributed by atoms with Gasteiger partial charge >= 0.3 is 0 Å². The summed E-state index contributed by atoms with van der Waals surface area (Å²) in [5, 5.41) is 8.74. The number of benzene rings is 1. The highest BCUT2D eigenvalue weighted by Crippen LogP contribution is 2.19. The minimum absolute atomic E-state index is 0.152. The van der Waals surface area contributed by atoms with Gasteiger partial charge in [-0.3, -0.25) is 0 Å². The number of halogens is 1. The van der Waals surface area contributed by atoms with Crippen molar-refractivity contribution >= 4 is 15.9 Å². The van der Waals surface area contributed by atoms with Gasteiger partial charge in [-0.25, -0.2) is 0 Å². The smallest absolute Gasteiger partial charge is 0.0816 e. The number of aliphatic hydroxyl groups is 1. The Morgan fingerprint density at radius 1 is 1.35 bits per heavy atom. The molecule has 3 nitrogen and oxygen atoms in total. The first-order valence-corrected chi connectivity index (χ1v) is 6.58. The van der Waals surface area contributed by atoms with Gasteiger partial charge in [-0.05, 0) is 31.0 Å². The molecule has 4 heteroatoms. The molecule has 3 N–H and O–H groups in total. The Hall–Kier alpha value is -0.420. The van der Waals surface area contributed by atoms with Crippen molar-refractivity contribution in [2.24, 2.45) is 5.73 Å². The summed E-state index contributed by atoms with van der Waals surface area (Å²) in [6, 6.07) is 8.15. The lowest BCUT2D eigenvalue weighted by molar-refractivity contribution is -0.0292. The summed E-state index contributed by atoms with van der Waals surface area (Å²) in [6.45, 7) is 3.17. The van der Waals surface area contributed by atoms with Crippen LogP contribution in [0.25, 0.3) is 0 Å². The summed E-state index contributed by atoms with van der Waals surface area (Å²) >= 11 is 3.41. The molecule has 0 saturated heterocycles. The molecule has 0 aliphatic carbocycles. The zero-order valence-electron chi connectivity index (χ0n) is 10.2. The van der Waals surface area contributed by atoms with Crippen LogP contribution in [0, 0.1) is 0 Å². The third kappa shape index (κ3) is 5.17. The van der Waals surface area contributed by atoms with Crippen molar-refractivity contribution in [3.8, 4) is 0 Å². The van der Waals surface area contributed by atoms with Crippen molar-refractivity contribution in [3.63, 3.8) is 0 Å². The molecule has 0 radical (unpaired) electrons. The zero-order valence-corrected chi connectivity index (χ0v) is 11.7. The summed E-state index contributed by atoms with van der Waals surface area (Å²) in [5.74, 6) is 0. The number of ether oxygens (including phenoxy) is 1. The Morgan fingerprint density at radius 2 is 2.00 bits per heavy atom. The molecule has 17 heavy (non-hydrogen) atoms. The Labute approximate surface area is 111 Å². The number of hydrogen-bond donors (Lipinski definition) is 2. The molecule has 96 valence electrons. The summed E-state index contributed by atoms with van der Waals surface area (Å²) in [6.07, 6.45) is 1.43. The number of hydrogen-bond acceptors (Lipinski definition) is 3. The largest absolute Gasteiger partial charge is 0.396 e. The van der Waals surface area contributed by atoms with Crippen LogP contribution < -0.4 is 5.73 Å². The molecule has 0 aliphatic rings. The third-order valence-electron chi connectivity index (χ3n) is 2.68. The van der Waals surface area contributed by atoms with Crippen LogP contribution in [0.3, 0.4) is 0 Å². The predicted octanol–water partition coefficient (Wildman–Crippen LogP) is 2.11. The molecule has 0 saturated carbocycles. The quantitative estimate of drug-likeness (QED) is 0.759. The highest BCUT2D eigenvalue weighted by molar-refractivity contribution is 9.10. The van der Waals surface area contributed by atoms with Gasteiger partial charge in [0.25, 0.3) is 0 Å². The Bertz CT molecular complexity index is 329. The highest BCUT2D eigenvalue weighted by Gasteiger charge is 2.23. The van der Waals surface area contributed by atoms with E-state index in [4.69, 9.17) is 15.6 Å². The summed E-state index contributed by atoms with van der Waals surface area (Å²) < 4.78 is 6.82. The molecule has 0 spiro atoms. The van der Waals surface area contributed by atoms with E-state index in [1.807, 2.05) is 19.1 Å². The van der Waals surface area contributed by atoms with Crippen molar-refractivity contribution in [3.05, 3.63) is 34.3 Å². The van der Waals surface area contributed by atoms with Crippen molar-refractivity contribution in [2.45, 2.75) is 25.4 Å². The molecule has 0 heterocycles. The van der Waals surface area contributed by atoms with Crippen LogP contribution in [-0.2, 0) is 11.2 Å². The minimum Gasteiger partial charge on any atom is -0.396 e. The first-order chi connectivity index (χ1) is 8.09. The van der Waals surface area contributed by atoms with Crippen LogP contribution in [0.2, 0.25) is 0 Å². The van der Waals surface area contributed by atoms with Crippen LogP contribution in [0.5, 0.6) is 0 Å². The second-order valence-electron chi connectivity index (χ2n) is 4.38. The lowest BCUT2D eigenvalue weighted by Gasteiger charge is -2.28. The van der Waals surface area contributed by atoms with Gasteiger partial charge in [0.15, 0.2) is 0 Å². The Kier molecular flexibility index (Phi) is 6.12. The van der Waals surface area contributed by atoms with Crippen LogP contribution in [0.15, 0.2) is 28.7 Å². The minimum atomic E-state index is -0.358. The van der Waals surface area contributed by atoms with Crippen LogP contribution >= 0.6 is 15.9 Å². The van der Waals surface area contributed by atoms with E-state index in [0.29, 0.717) is 19.6 Å². The molecular formula is C13H20BrNO2. The van der Waals surface area contributed by atoms with Crippen molar-refractivity contribution < 1.29 is 9.84 Å². The fourth-order valence-electron chi connectivity index (χ4n) is 1.60. The molecular weight excluding hydrogens is 282 g/mol. The topological polar surface area (TPSA) is 55.5 Å². The van der Waals surface area contributed by atoms with Crippen molar-refractivity contribution in [1.82, 2.24) is 0 Å². The van der Waals surface area contributed by atoms with Crippen molar-refractivity contribution in [2.75, 3.05) is 19.8 Å². The van der Waals surface area contributed by atoms with E-state index in [1.54, 1.807) is 0 Å². The van der Waals surface area contributed by atoms with Gasteiger partial charge in [-0.2, -0.15) is 0 Å². The van der Waals surface area contributed by atoms with Gasteiger partial charge in [-0.1, -0.05) is 28.1 Å². The molecule has 0 bridgehead atoms. The number of aliphatic hydroxyl groups excluding tert-OH is 1. The fraction of sp³-hybridized carbons (Fsp3) is 0.538.